The second-order valence-electron chi connectivity index (χ2n) is 9.78. The van der Waals surface area contributed by atoms with Gasteiger partial charge in [0.15, 0.2) is 0 Å². The number of rotatable bonds is 13. The minimum absolute atomic E-state index is 0.0292. The Hall–Kier alpha value is -3.93. The highest BCUT2D eigenvalue weighted by Crippen LogP contribution is 2.32. The van der Waals surface area contributed by atoms with Crippen LogP contribution >= 0.6 is 0 Å². The second kappa shape index (κ2) is 14.3. The average Bonchev–Trinajstić information content (AvgIpc) is 2.94. The molecule has 1 atom stereocenters. The maximum atomic E-state index is 14.8. The zero-order chi connectivity index (χ0) is 30.9. The van der Waals surface area contributed by atoms with E-state index in [-0.39, 0.29) is 24.2 Å². The Morgan fingerprint density at radius 1 is 0.952 bits per heavy atom. The third-order valence-corrected chi connectivity index (χ3v) is 7.68. The second-order valence-corrected chi connectivity index (χ2v) is 11.7. The summed E-state index contributed by atoms with van der Waals surface area (Å²) in [5, 5.41) is 2.80. The standard InChI is InChI=1S/C30H33F4N3O4S/c1-3-4-17-35-29(39)27(18-22-11-6-5-7-12-22)36(20-23-13-8-9-16-26(23)31)28(38)21-37(42(2,40)41)25-15-10-14-24(19-25)30(32,33)34/h5-16,19,27H,3-4,17-18,20-21H2,1-2H3,(H,35,39). The van der Waals surface area contributed by atoms with Crippen LogP contribution in [0.1, 0.15) is 36.5 Å². The smallest absolute Gasteiger partial charge is 0.354 e. The molecule has 12 heteroatoms. The van der Waals surface area contributed by atoms with Crippen LogP contribution in [0.2, 0.25) is 0 Å². The molecule has 1 unspecified atom stereocenters. The lowest BCUT2D eigenvalue weighted by Gasteiger charge is -2.33. The van der Waals surface area contributed by atoms with E-state index < -0.39 is 52.0 Å². The molecule has 0 aliphatic carbocycles. The molecule has 226 valence electrons. The molecule has 0 saturated heterocycles. The Labute approximate surface area is 243 Å². The van der Waals surface area contributed by atoms with E-state index in [9.17, 15) is 35.6 Å². The van der Waals surface area contributed by atoms with Crippen LogP contribution in [0.25, 0.3) is 0 Å². The first kappa shape index (κ1) is 32.6. The van der Waals surface area contributed by atoms with Gasteiger partial charge in [-0.3, -0.25) is 13.9 Å². The lowest BCUT2D eigenvalue weighted by molar-refractivity contribution is -0.140. The summed E-state index contributed by atoms with van der Waals surface area (Å²) >= 11 is 0. The van der Waals surface area contributed by atoms with E-state index in [1.54, 1.807) is 36.4 Å². The number of carbonyl (C=O) groups is 2. The first-order valence-electron chi connectivity index (χ1n) is 13.3. The number of sulfonamides is 1. The van der Waals surface area contributed by atoms with Gasteiger partial charge in [0.2, 0.25) is 21.8 Å². The fraction of sp³-hybridized carbons (Fsp3) is 0.333. The third kappa shape index (κ3) is 9.04. The summed E-state index contributed by atoms with van der Waals surface area (Å²) < 4.78 is 81.1. The largest absolute Gasteiger partial charge is 0.416 e. The summed E-state index contributed by atoms with van der Waals surface area (Å²) in [4.78, 5) is 28.5. The number of nitrogens with one attached hydrogen (secondary N) is 1. The first-order valence-corrected chi connectivity index (χ1v) is 15.2. The number of benzene rings is 3. The quantitative estimate of drug-likeness (QED) is 0.215. The van der Waals surface area contributed by atoms with E-state index in [1.807, 2.05) is 6.92 Å². The molecule has 2 amide bonds. The van der Waals surface area contributed by atoms with E-state index in [0.29, 0.717) is 28.9 Å². The minimum Gasteiger partial charge on any atom is -0.354 e. The summed E-state index contributed by atoms with van der Waals surface area (Å²) in [6.45, 7) is 0.962. The third-order valence-electron chi connectivity index (χ3n) is 6.54. The van der Waals surface area contributed by atoms with Gasteiger partial charge >= 0.3 is 6.18 Å². The number of hydrogen-bond acceptors (Lipinski definition) is 4. The fourth-order valence-electron chi connectivity index (χ4n) is 4.32. The van der Waals surface area contributed by atoms with E-state index in [0.717, 1.165) is 35.8 Å². The van der Waals surface area contributed by atoms with Gasteiger partial charge in [-0.05, 0) is 36.2 Å². The predicted octanol–water partition coefficient (Wildman–Crippen LogP) is 5.17. The van der Waals surface area contributed by atoms with E-state index >= 15 is 0 Å². The van der Waals surface area contributed by atoms with Gasteiger partial charge in [0, 0.05) is 25.1 Å². The van der Waals surface area contributed by atoms with Crippen LogP contribution in [0, 0.1) is 5.82 Å². The molecule has 0 saturated carbocycles. The van der Waals surface area contributed by atoms with Crippen molar-refractivity contribution in [3.05, 3.63) is 101 Å². The van der Waals surface area contributed by atoms with Crippen molar-refractivity contribution in [2.75, 3.05) is 23.7 Å². The van der Waals surface area contributed by atoms with Gasteiger partial charge in [-0.2, -0.15) is 13.2 Å². The molecule has 3 aromatic carbocycles. The van der Waals surface area contributed by atoms with Crippen LogP contribution < -0.4 is 9.62 Å². The zero-order valence-corrected chi connectivity index (χ0v) is 24.1. The number of unbranched alkanes of at least 4 members (excludes halogenated alkanes) is 1. The van der Waals surface area contributed by atoms with Gasteiger partial charge in [-0.25, -0.2) is 12.8 Å². The summed E-state index contributed by atoms with van der Waals surface area (Å²) in [5.41, 5.74) is -0.701. The maximum absolute atomic E-state index is 14.8. The molecule has 0 spiro atoms. The van der Waals surface area contributed by atoms with Crippen LogP contribution in [0.4, 0.5) is 23.2 Å². The van der Waals surface area contributed by atoms with Gasteiger partial charge < -0.3 is 10.2 Å². The number of carbonyl (C=O) groups excluding carboxylic acids is 2. The number of nitrogens with zero attached hydrogens (tertiary/aromatic N) is 2. The van der Waals surface area contributed by atoms with Crippen molar-refractivity contribution in [2.45, 2.75) is 44.9 Å². The van der Waals surface area contributed by atoms with Crippen molar-refractivity contribution in [1.29, 1.82) is 0 Å². The molecule has 1 N–H and O–H groups in total. The number of amides is 2. The van der Waals surface area contributed by atoms with Gasteiger partial charge in [-0.1, -0.05) is 67.9 Å². The van der Waals surface area contributed by atoms with E-state index in [4.69, 9.17) is 0 Å². The van der Waals surface area contributed by atoms with Gasteiger partial charge in [-0.15, -0.1) is 0 Å². The van der Waals surface area contributed by atoms with Crippen molar-refractivity contribution in [3.63, 3.8) is 0 Å². The molecule has 0 bridgehead atoms. The normalized spacial score (nSPS) is 12.4. The van der Waals surface area contributed by atoms with Gasteiger partial charge in [0.1, 0.15) is 18.4 Å². The zero-order valence-electron chi connectivity index (χ0n) is 23.3. The molecule has 3 aromatic rings. The van der Waals surface area contributed by atoms with Crippen LogP contribution in [0.5, 0.6) is 0 Å². The molecule has 0 aliphatic heterocycles. The average molecular weight is 608 g/mol. The van der Waals surface area contributed by atoms with E-state index in [1.165, 1.54) is 18.2 Å². The van der Waals surface area contributed by atoms with Crippen molar-refractivity contribution < 1.29 is 35.6 Å². The number of halogens is 4. The topological polar surface area (TPSA) is 86.8 Å². The Kier molecular flexibility index (Phi) is 11.1. The monoisotopic (exact) mass is 607 g/mol. The Balaban J connectivity index is 2.07. The Morgan fingerprint density at radius 3 is 2.24 bits per heavy atom. The highest BCUT2D eigenvalue weighted by atomic mass is 32.2. The van der Waals surface area contributed by atoms with Crippen molar-refractivity contribution in [3.8, 4) is 0 Å². The molecular formula is C30H33F4N3O4S. The van der Waals surface area contributed by atoms with Gasteiger partial charge in [0.05, 0.1) is 17.5 Å². The van der Waals surface area contributed by atoms with Crippen LogP contribution in [0.15, 0.2) is 78.9 Å². The summed E-state index contributed by atoms with van der Waals surface area (Å²) in [6, 6.07) is 16.9. The Morgan fingerprint density at radius 2 is 1.62 bits per heavy atom. The molecule has 42 heavy (non-hydrogen) atoms. The maximum Gasteiger partial charge on any atom is 0.416 e. The van der Waals surface area contributed by atoms with Crippen molar-refractivity contribution >= 4 is 27.5 Å². The molecule has 0 aromatic heterocycles. The lowest BCUT2D eigenvalue weighted by atomic mass is 10.0. The molecule has 0 radical (unpaired) electrons. The number of alkyl halides is 3. The predicted molar refractivity (Wildman–Crippen MR) is 152 cm³/mol. The lowest BCUT2D eigenvalue weighted by Crippen LogP contribution is -2.53. The van der Waals surface area contributed by atoms with Crippen LogP contribution in [-0.4, -0.2) is 50.5 Å². The fourth-order valence-corrected chi connectivity index (χ4v) is 5.16. The molecule has 0 fully saturated rings. The minimum atomic E-state index is -4.75. The molecule has 7 nitrogen and oxygen atoms in total. The highest BCUT2D eigenvalue weighted by molar-refractivity contribution is 7.92. The van der Waals surface area contributed by atoms with Crippen LogP contribution in [-0.2, 0) is 38.8 Å². The number of anilines is 1. The Bertz CT molecular complexity index is 1470. The summed E-state index contributed by atoms with van der Waals surface area (Å²) in [6.07, 6.45) is -2.50. The molecule has 0 heterocycles. The number of hydrogen-bond donors (Lipinski definition) is 1. The first-order chi connectivity index (χ1) is 19.8. The van der Waals surface area contributed by atoms with Crippen molar-refractivity contribution in [1.82, 2.24) is 10.2 Å². The summed E-state index contributed by atoms with van der Waals surface area (Å²) in [5.74, 6) is -2.06. The van der Waals surface area contributed by atoms with Gasteiger partial charge in [0.25, 0.3) is 0 Å². The van der Waals surface area contributed by atoms with Crippen molar-refractivity contribution in [2.24, 2.45) is 0 Å². The summed E-state index contributed by atoms with van der Waals surface area (Å²) in [7, 11) is -4.27. The van der Waals surface area contributed by atoms with Crippen LogP contribution in [0.3, 0.4) is 0 Å². The SMILES string of the molecule is CCCCNC(=O)C(Cc1ccccc1)N(Cc1ccccc1F)C(=O)CN(c1cccc(C(F)(F)F)c1)S(C)(=O)=O. The molecule has 0 aliphatic rings. The highest BCUT2D eigenvalue weighted by Gasteiger charge is 2.35. The molecule has 3 rings (SSSR count). The van der Waals surface area contributed by atoms with E-state index in [2.05, 4.69) is 5.32 Å². The molecular weight excluding hydrogens is 574 g/mol.